The Labute approximate surface area is 97.7 Å². The normalized spacial score (nSPS) is 25.0. The molecule has 0 aromatic heterocycles. The van der Waals surface area contributed by atoms with Crippen LogP contribution in [0.15, 0.2) is 30.3 Å². The molecule has 3 unspecified atom stereocenters. The van der Waals surface area contributed by atoms with Gasteiger partial charge >= 0.3 is 0 Å². The molecule has 1 aromatic carbocycles. The monoisotopic (exact) mass is 219 g/mol. The molecule has 0 spiro atoms. The summed E-state index contributed by atoms with van der Waals surface area (Å²) in [6.07, 6.45) is 3.29. The van der Waals surface area contributed by atoms with Gasteiger partial charge in [-0.15, -0.1) is 0 Å². The van der Waals surface area contributed by atoms with E-state index in [9.17, 15) is 5.11 Å². The fourth-order valence-electron chi connectivity index (χ4n) is 2.47. The van der Waals surface area contributed by atoms with Crippen molar-refractivity contribution in [3.8, 4) is 0 Å². The molecule has 1 heterocycles. The Bertz CT molecular complexity index is 306. The van der Waals surface area contributed by atoms with Gasteiger partial charge in [-0.25, -0.2) is 0 Å². The maximum Gasteiger partial charge on any atom is 0.0758 e. The molecule has 0 radical (unpaired) electrons. The van der Waals surface area contributed by atoms with Gasteiger partial charge in [0.05, 0.1) is 6.10 Å². The molecule has 1 aliphatic rings. The van der Waals surface area contributed by atoms with Gasteiger partial charge in [0.25, 0.3) is 0 Å². The highest BCUT2D eigenvalue weighted by molar-refractivity contribution is 5.20. The van der Waals surface area contributed by atoms with Crippen molar-refractivity contribution in [3.05, 3.63) is 35.9 Å². The molecular formula is C14H21NO. The zero-order valence-electron chi connectivity index (χ0n) is 9.89. The molecular weight excluding hydrogens is 198 g/mol. The molecule has 16 heavy (non-hydrogen) atoms. The average Bonchev–Trinajstić information content (AvgIpc) is 2.39. The van der Waals surface area contributed by atoms with Crippen LogP contribution in [0.4, 0.5) is 0 Å². The number of hydrogen-bond donors (Lipinski definition) is 2. The minimum atomic E-state index is -0.275. The standard InChI is InChI=1S/C14H21NO/c1-11(12-7-3-2-4-8-12)14(16)13-9-5-6-10-15-13/h2-4,7-8,11,13-16H,5-6,9-10H2,1H3. The first-order valence-corrected chi connectivity index (χ1v) is 6.25. The van der Waals surface area contributed by atoms with E-state index >= 15 is 0 Å². The number of nitrogens with one attached hydrogen (secondary N) is 1. The summed E-state index contributed by atoms with van der Waals surface area (Å²) in [5, 5.41) is 13.8. The van der Waals surface area contributed by atoms with Gasteiger partial charge < -0.3 is 10.4 Å². The molecule has 0 amide bonds. The van der Waals surface area contributed by atoms with E-state index in [4.69, 9.17) is 0 Å². The van der Waals surface area contributed by atoms with Crippen LogP contribution >= 0.6 is 0 Å². The highest BCUT2D eigenvalue weighted by Crippen LogP contribution is 2.24. The number of aliphatic hydroxyl groups excluding tert-OH is 1. The van der Waals surface area contributed by atoms with Crippen LogP contribution < -0.4 is 5.32 Å². The van der Waals surface area contributed by atoms with Crippen molar-refractivity contribution >= 4 is 0 Å². The van der Waals surface area contributed by atoms with Crippen LogP contribution in [0.2, 0.25) is 0 Å². The molecule has 1 aliphatic heterocycles. The summed E-state index contributed by atoms with van der Waals surface area (Å²) in [6, 6.07) is 10.5. The van der Waals surface area contributed by atoms with E-state index in [0.717, 1.165) is 13.0 Å². The second-order valence-electron chi connectivity index (χ2n) is 4.75. The highest BCUT2D eigenvalue weighted by atomic mass is 16.3. The lowest BCUT2D eigenvalue weighted by Gasteiger charge is -2.31. The molecule has 0 aliphatic carbocycles. The van der Waals surface area contributed by atoms with E-state index < -0.39 is 0 Å². The number of aliphatic hydroxyl groups is 1. The number of benzene rings is 1. The first-order valence-electron chi connectivity index (χ1n) is 6.25. The zero-order valence-corrected chi connectivity index (χ0v) is 9.89. The summed E-state index contributed by atoms with van der Waals surface area (Å²) in [7, 11) is 0. The molecule has 0 bridgehead atoms. The molecule has 2 rings (SSSR count). The fourth-order valence-corrected chi connectivity index (χ4v) is 2.47. The maximum atomic E-state index is 10.3. The van der Waals surface area contributed by atoms with Crippen molar-refractivity contribution in [1.82, 2.24) is 5.32 Å². The van der Waals surface area contributed by atoms with E-state index in [1.165, 1.54) is 18.4 Å². The van der Waals surface area contributed by atoms with Gasteiger partial charge in [0, 0.05) is 12.0 Å². The topological polar surface area (TPSA) is 32.3 Å². The quantitative estimate of drug-likeness (QED) is 0.817. The van der Waals surface area contributed by atoms with Crippen LogP contribution in [0.3, 0.4) is 0 Å². The Kier molecular flexibility index (Phi) is 3.97. The fraction of sp³-hybridized carbons (Fsp3) is 0.571. The molecule has 3 atom stereocenters. The third-order valence-corrected chi connectivity index (χ3v) is 3.60. The summed E-state index contributed by atoms with van der Waals surface area (Å²) >= 11 is 0. The molecule has 0 saturated carbocycles. The SMILES string of the molecule is CC(c1ccccc1)C(O)C1CCCCN1. The van der Waals surface area contributed by atoms with Gasteiger partial charge in [0.1, 0.15) is 0 Å². The van der Waals surface area contributed by atoms with Crippen LogP contribution in [-0.2, 0) is 0 Å². The Balaban J connectivity index is 2.00. The minimum Gasteiger partial charge on any atom is -0.391 e. The van der Waals surface area contributed by atoms with E-state index in [1.54, 1.807) is 0 Å². The van der Waals surface area contributed by atoms with Crippen molar-refractivity contribution in [1.29, 1.82) is 0 Å². The summed E-state index contributed by atoms with van der Waals surface area (Å²) in [4.78, 5) is 0. The van der Waals surface area contributed by atoms with Crippen molar-refractivity contribution in [2.75, 3.05) is 6.54 Å². The smallest absolute Gasteiger partial charge is 0.0758 e. The summed E-state index contributed by atoms with van der Waals surface area (Å²) < 4.78 is 0. The minimum absolute atomic E-state index is 0.205. The lowest BCUT2D eigenvalue weighted by atomic mass is 9.87. The van der Waals surface area contributed by atoms with Gasteiger partial charge in [-0.3, -0.25) is 0 Å². The average molecular weight is 219 g/mol. The van der Waals surface area contributed by atoms with Crippen LogP contribution in [-0.4, -0.2) is 23.8 Å². The predicted molar refractivity (Wildman–Crippen MR) is 66.5 cm³/mol. The van der Waals surface area contributed by atoms with Gasteiger partial charge in [0.2, 0.25) is 0 Å². The second-order valence-corrected chi connectivity index (χ2v) is 4.75. The molecule has 1 aromatic rings. The molecule has 2 N–H and O–H groups in total. The van der Waals surface area contributed by atoms with Crippen molar-refractivity contribution in [2.24, 2.45) is 0 Å². The molecule has 1 saturated heterocycles. The largest absolute Gasteiger partial charge is 0.391 e. The van der Waals surface area contributed by atoms with Crippen molar-refractivity contribution in [3.63, 3.8) is 0 Å². The second kappa shape index (κ2) is 5.46. The highest BCUT2D eigenvalue weighted by Gasteiger charge is 2.26. The van der Waals surface area contributed by atoms with E-state index in [0.29, 0.717) is 0 Å². The van der Waals surface area contributed by atoms with Crippen LogP contribution in [0.25, 0.3) is 0 Å². The van der Waals surface area contributed by atoms with E-state index in [2.05, 4.69) is 24.4 Å². The maximum absolute atomic E-state index is 10.3. The van der Waals surface area contributed by atoms with Gasteiger partial charge in [-0.05, 0) is 24.9 Å². The number of piperidine rings is 1. The zero-order chi connectivity index (χ0) is 11.4. The van der Waals surface area contributed by atoms with E-state index in [1.807, 2.05) is 18.2 Å². The van der Waals surface area contributed by atoms with Crippen molar-refractivity contribution in [2.45, 2.75) is 44.2 Å². The van der Waals surface area contributed by atoms with E-state index in [-0.39, 0.29) is 18.1 Å². The lowest BCUT2D eigenvalue weighted by Crippen LogP contribution is -2.45. The van der Waals surface area contributed by atoms with Crippen molar-refractivity contribution < 1.29 is 5.11 Å². The first-order chi connectivity index (χ1) is 7.79. The summed E-state index contributed by atoms with van der Waals surface area (Å²) in [5.41, 5.74) is 1.22. The molecule has 2 heteroatoms. The third kappa shape index (κ3) is 2.63. The number of hydrogen-bond acceptors (Lipinski definition) is 2. The Morgan fingerprint density at radius 3 is 2.62 bits per heavy atom. The summed E-state index contributed by atoms with van der Waals surface area (Å²) in [6.45, 7) is 3.15. The van der Waals surface area contributed by atoms with Gasteiger partial charge in [0.15, 0.2) is 0 Å². The van der Waals surface area contributed by atoms with Gasteiger partial charge in [-0.2, -0.15) is 0 Å². The molecule has 2 nitrogen and oxygen atoms in total. The third-order valence-electron chi connectivity index (χ3n) is 3.60. The van der Waals surface area contributed by atoms with Crippen LogP contribution in [0.1, 0.15) is 37.7 Å². The number of rotatable bonds is 3. The first kappa shape index (κ1) is 11.6. The van der Waals surface area contributed by atoms with Crippen LogP contribution in [0.5, 0.6) is 0 Å². The Hall–Kier alpha value is -0.860. The molecule has 1 fully saturated rings. The summed E-state index contributed by atoms with van der Waals surface area (Å²) in [5.74, 6) is 0.205. The Morgan fingerprint density at radius 2 is 2.00 bits per heavy atom. The molecule has 88 valence electrons. The Morgan fingerprint density at radius 1 is 1.25 bits per heavy atom. The van der Waals surface area contributed by atoms with Crippen LogP contribution in [0, 0.1) is 0 Å². The van der Waals surface area contributed by atoms with Gasteiger partial charge in [-0.1, -0.05) is 43.7 Å². The predicted octanol–water partition coefficient (Wildman–Crippen LogP) is 2.29. The lowest BCUT2D eigenvalue weighted by molar-refractivity contribution is 0.0920.